The highest BCUT2D eigenvalue weighted by atomic mass is 32.2. The summed E-state index contributed by atoms with van der Waals surface area (Å²) in [7, 11) is 0. The van der Waals surface area contributed by atoms with Gasteiger partial charge in [0.1, 0.15) is 5.54 Å². The summed E-state index contributed by atoms with van der Waals surface area (Å²) in [6, 6.07) is 2.61. The van der Waals surface area contributed by atoms with Crippen LogP contribution in [0, 0.1) is 17.2 Å². The molecule has 0 spiro atoms. The molecule has 1 saturated carbocycles. The molecule has 0 radical (unpaired) electrons. The number of hydrogen-bond donors (Lipinski definition) is 1. The smallest absolute Gasteiger partial charge is 0.109 e. The van der Waals surface area contributed by atoms with E-state index < -0.39 is 0 Å². The lowest BCUT2D eigenvalue weighted by atomic mass is 9.86. The monoisotopic (exact) mass is 296 g/mol. The zero-order valence-corrected chi connectivity index (χ0v) is 13.5. The molecule has 0 amide bonds. The molecular formula is C16H28N2OS. The van der Waals surface area contributed by atoms with Crippen molar-refractivity contribution >= 4 is 11.8 Å². The van der Waals surface area contributed by atoms with Crippen molar-refractivity contribution in [1.82, 2.24) is 5.32 Å². The predicted octanol–water partition coefficient (Wildman–Crippen LogP) is 3.35. The zero-order valence-electron chi connectivity index (χ0n) is 12.7. The minimum Gasteiger partial charge on any atom is -0.381 e. The molecule has 2 unspecified atom stereocenters. The van der Waals surface area contributed by atoms with Crippen LogP contribution >= 0.6 is 11.8 Å². The number of rotatable bonds is 7. The Hall–Kier alpha value is -0.240. The van der Waals surface area contributed by atoms with Gasteiger partial charge in [0.2, 0.25) is 0 Å². The Kier molecular flexibility index (Phi) is 6.67. The first-order chi connectivity index (χ1) is 9.80. The minimum absolute atomic E-state index is 0.230. The molecule has 0 aromatic carbocycles. The number of nitrogens with one attached hydrogen (secondary N) is 1. The van der Waals surface area contributed by atoms with Crippen LogP contribution in [0.3, 0.4) is 0 Å². The summed E-state index contributed by atoms with van der Waals surface area (Å²) in [4.78, 5) is 0. The van der Waals surface area contributed by atoms with Gasteiger partial charge in [0.25, 0.3) is 0 Å². The van der Waals surface area contributed by atoms with Crippen molar-refractivity contribution in [2.75, 3.05) is 25.5 Å². The molecule has 3 nitrogen and oxygen atoms in total. The van der Waals surface area contributed by atoms with E-state index in [1.165, 1.54) is 37.9 Å². The summed E-state index contributed by atoms with van der Waals surface area (Å²) < 4.78 is 5.41. The lowest BCUT2D eigenvalue weighted by Crippen LogP contribution is -2.47. The highest BCUT2D eigenvalue weighted by Gasteiger charge is 2.42. The fraction of sp³-hybridized carbons (Fsp3) is 0.938. The average Bonchev–Trinajstić information content (AvgIpc) is 2.90. The summed E-state index contributed by atoms with van der Waals surface area (Å²) in [6.07, 6.45) is 8.16. The van der Waals surface area contributed by atoms with E-state index in [2.05, 4.69) is 30.1 Å². The summed E-state index contributed by atoms with van der Waals surface area (Å²) in [5.41, 5.74) is -0.230. The van der Waals surface area contributed by atoms with Crippen LogP contribution in [0.5, 0.6) is 0 Å². The van der Waals surface area contributed by atoms with Gasteiger partial charge in [0, 0.05) is 18.5 Å². The van der Waals surface area contributed by atoms with E-state index in [1.807, 2.05) is 0 Å². The van der Waals surface area contributed by atoms with E-state index in [0.29, 0.717) is 5.92 Å². The van der Waals surface area contributed by atoms with Crippen LogP contribution in [-0.2, 0) is 4.74 Å². The third kappa shape index (κ3) is 4.13. The van der Waals surface area contributed by atoms with Gasteiger partial charge in [0.15, 0.2) is 0 Å². The SMILES string of the molecule is CCCNC1(C#N)CCCC1CCSC1CCOCC1. The Labute approximate surface area is 127 Å². The van der Waals surface area contributed by atoms with Crippen molar-refractivity contribution < 1.29 is 4.74 Å². The van der Waals surface area contributed by atoms with Gasteiger partial charge >= 0.3 is 0 Å². The molecule has 1 N–H and O–H groups in total. The van der Waals surface area contributed by atoms with Crippen molar-refractivity contribution in [2.45, 2.75) is 62.7 Å². The lowest BCUT2D eigenvalue weighted by Gasteiger charge is -2.30. The quantitative estimate of drug-likeness (QED) is 0.782. The predicted molar refractivity (Wildman–Crippen MR) is 84.9 cm³/mol. The first-order valence-corrected chi connectivity index (χ1v) is 9.21. The number of hydrogen-bond acceptors (Lipinski definition) is 4. The van der Waals surface area contributed by atoms with E-state index in [4.69, 9.17) is 4.74 Å². The van der Waals surface area contributed by atoms with Gasteiger partial charge in [-0.2, -0.15) is 17.0 Å². The van der Waals surface area contributed by atoms with Crippen LogP contribution < -0.4 is 5.32 Å². The lowest BCUT2D eigenvalue weighted by molar-refractivity contribution is 0.1000. The molecule has 2 fully saturated rings. The summed E-state index contributed by atoms with van der Waals surface area (Å²) >= 11 is 2.10. The van der Waals surface area contributed by atoms with Gasteiger partial charge in [-0.05, 0) is 56.7 Å². The van der Waals surface area contributed by atoms with Crippen molar-refractivity contribution in [2.24, 2.45) is 5.92 Å². The minimum atomic E-state index is -0.230. The molecule has 1 aliphatic heterocycles. The van der Waals surface area contributed by atoms with Crippen LogP contribution in [0.1, 0.15) is 51.9 Å². The van der Waals surface area contributed by atoms with Gasteiger partial charge in [-0.15, -0.1) is 0 Å². The normalized spacial score (nSPS) is 31.3. The Morgan fingerprint density at radius 1 is 1.35 bits per heavy atom. The standard InChI is InChI=1S/C16H28N2OS/c1-2-9-18-16(13-17)8-3-4-14(16)7-12-20-15-5-10-19-11-6-15/h14-15,18H,2-12H2,1H3. The number of thioether (sulfide) groups is 1. The molecule has 1 heterocycles. The topological polar surface area (TPSA) is 45.0 Å². The molecule has 2 rings (SSSR count). The van der Waals surface area contributed by atoms with Gasteiger partial charge < -0.3 is 4.74 Å². The van der Waals surface area contributed by atoms with E-state index in [1.54, 1.807) is 0 Å². The molecule has 2 aliphatic rings. The fourth-order valence-electron chi connectivity index (χ4n) is 3.46. The molecule has 0 aromatic heterocycles. The molecule has 0 bridgehead atoms. The molecule has 114 valence electrons. The maximum Gasteiger partial charge on any atom is 0.109 e. The number of nitrogens with zero attached hydrogens (tertiary/aromatic N) is 1. The van der Waals surface area contributed by atoms with E-state index in [9.17, 15) is 5.26 Å². The maximum atomic E-state index is 9.63. The van der Waals surface area contributed by atoms with Gasteiger partial charge in [-0.25, -0.2) is 0 Å². The van der Waals surface area contributed by atoms with Crippen LogP contribution in [0.2, 0.25) is 0 Å². The molecule has 20 heavy (non-hydrogen) atoms. The highest BCUT2D eigenvalue weighted by Crippen LogP contribution is 2.39. The average molecular weight is 296 g/mol. The van der Waals surface area contributed by atoms with Gasteiger partial charge in [-0.1, -0.05) is 13.3 Å². The second-order valence-electron chi connectivity index (χ2n) is 6.07. The Morgan fingerprint density at radius 2 is 2.15 bits per heavy atom. The Bertz CT molecular complexity index is 325. The van der Waals surface area contributed by atoms with Crippen LogP contribution in [0.25, 0.3) is 0 Å². The molecule has 1 aliphatic carbocycles. The third-order valence-corrected chi connectivity index (χ3v) is 6.11. The first kappa shape index (κ1) is 16.1. The summed E-state index contributed by atoms with van der Waals surface area (Å²) in [5, 5.41) is 14.0. The van der Waals surface area contributed by atoms with Gasteiger partial charge in [0.05, 0.1) is 6.07 Å². The van der Waals surface area contributed by atoms with Crippen LogP contribution in [0.4, 0.5) is 0 Å². The summed E-state index contributed by atoms with van der Waals surface area (Å²) in [5.74, 6) is 1.75. The van der Waals surface area contributed by atoms with Crippen molar-refractivity contribution in [3.05, 3.63) is 0 Å². The van der Waals surface area contributed by atoms with Crippen LogP contribution in [-0.4, -0.2) is 36.3 Å². The van der Waals surface area contributed by atoms with Gasteiger partial charge in [-0.3, -0.25) is 5.32 Å². The molecule has 1 saturated heterocycles. The van der Waals surface area contributed by atoms with Crippen molar-refractivity contribution in [3.63, 3.8) is 0 Å². The third-order valence-electron chi connectivity index (χ3n) is 4.70. The highest BCUT2D eigenvalue weighted by molar-refractivity contribution is 7.99. The largest absolute Gasteiger partial charge is 0.381 e. The second-order valence-corrected chi connectivity index (χ2v) is 7.48. The van der Waals surface area contributed by atoms with E-state index in [-0.39, 0.29) is 5.54 Å². The number of nitriles is 1. The van der Waals surface area contributed by atoms with E-state index in [0.717, 1.165) is 37.9 Å². The van der Waals surface area contributed by atoms with Crippen molar-refractivity contribution in [1.29, 1.82) is 5.26 Å². The Morgan fingerprint density at radius 3 is 2.85 bits per heavy atom. The molecule has 2 atom stereocenters. The van der Waals surface area contributed by atoms with Crippen molar-refractivity contribution in [3.8, 4) is 6.07 Å². The molecule has 0 aromatic rings. The summed E-state index contributed by atoms with van der Waals surface area (Å²) in [6.45, 7) is 5.00. The zero-order chi connectivity index (χ0) is 14.3. The first-order valence-electron chi connectivity index (χ1n) is 8.16. The fourth-order valence-corrected chi connectivity index (χ4v) is 4.74. The second kappa shape index (κ2) is 8.26. The molecule has 4 heteroatoms. The van der Waals surface area contributed by atoms with E-state index >= 15 is 0 Å². The van der Waals surface area contributed by atoms with Crippen LogP contribution in [0.15, 0.2) is 0 Å². The Balaban J connectivity index is 1.76. The number of ether oxygens (including phenoxy) is 1. The maximum absolute atomic E-state index is 9.63. The molecular weight excluding hydrogens is 268 g/mol.